The molecule has 11 atom stereocenters. The molecule has 0 radical (unpaired) electrons. The number of piperidine rings is 1. The van der Waals surface area contributed by atoms with Gasteiger partial charge in [0.25, 0.3) is 0 Å². The smallest absolute Gasteiger partial charge is 0.306 e. The summed E-state index contributed by atoms with van der Waals surface area (Å²) < 4.78 is 0. The number of hydrogen-bond donors (Lipinski definition) is 3. The molecule has 324 valence electrons. The quantitative estimate of drug-likeness (QED) is 0.204. The van der Waals surface area contributed by atoms with E-state index in [9.17, 15) is 29.4 Å². The maximum Gasteiger partial charge on any atom is 0.306 e. The van der Waals surface area contributed by atoms with Gasteiger partial charge in [-0.3, -0.25) is 24.1 Å². The van der Waals surface area contributed by atoms with Gasteiger partial charge in [-0.1, -0.05) is 78.3 Å². The number of benzene rings is 1. The number of amides is 1. The summed E-state index contributed by atoms with van der Waals surface area (Å²) in [5.74, 6) is 1.74. The number of nitrogens with one attached hydrogen (secondary N) is 1. The van der Waals surface area contributed by atoms with Crippen LogP contribution in [0, 0.1) is 74.9 Å². The van der Waals surface area contributed by atoms with Crippen LogP contribution < -0.4 is 5.32 Å². The van der Waals surface area contributed by atoms with Crippen LogP contribution in [0.4, 0.5) is 0 Å². The summed E-state index contributed by atoms with van der Waals surface area (Å²) in [5, 5.41) is 22.7. The van der Waals surface area contributed by atoms with E-state index in [0.717, 1.165) is 88.6 Å². The number of aliphatic hydroxyl groups excluding tert-OH is 1. The Bertz CT molecular complexity index is 1840. The molecule has 0 spiro atoms. The van der Waals surface area contributed by atoms with Crippen LogP contribution in [0.3, 0.4) is 0 Å². The first-order valence-corrected chi connectivity index (χ1v) is 23.7. The summed E-state index contributed by atoms with van der Waals surface area (Å²) in [5.41, 5.74) is 4.73. The number of carbonyl (C=O) groups excluding carboxylic acids is 3. The van der Waals surface area contributed by atoms with Gasteiger partial charge >= 0.3 is 5.97 Å². The standard InChI is InChI=1S/C51H74N2O6/c1-30(2)45-41(56)26-51(27-44(57)52-28-32-8-10-33(11-9-32)29-53-22-17-35(54)18-23-53)21-15-39-36(46(45)51)12-13-43-49(39,6)20-16-42-48(4,5)34(14-19-50(42,43)7)24-40(55)37-25-38(31(37)3)47(58)59/h8-11,30-31,34-39,42-43,54H,12-29H2,1-7H3,(H,52,57)(H,58,59). The highest BCUT2D eigenvalue weighted by Crippen LogP contribution is 2.74. The van der Waals surface area contributed by atoms with E-state index in [1.165, 1.54) is 17.6 Å². The SMILES string of the molecule is CC(C)C1=C2C3CCC4C(C)(CCC5C(C)(C)C(CC(=O)C6CC(C(=O)O)C6C)CCC54C)C3CCC2(CC(=O)NCc2ccc(CN3CCC(O)CC3)cc2)CC1=O. The maximum absolute atomic E-state index is 14.1. The summed E-state index contributed by atoms with van der Waals surface area (Å²) in [4.78, 5) is 55.7. The zero-order valence-corrected chi connectivity index (χ0v) is 37.3. The molecule has 8 heteroatoms. The molecule has 6 fully saturated rings. The van der Waals surface area contributed by atoms with E-state index in [4.69, 9.17) is 0 Å². The predicted octanol–water partition coefficient (Wildman–Crippen LogP) is 9.17. The van der Waals surface area contributed by atoms with Gasteiger partial charge in [-0.25, -0.2) is 0 Å². The number of aliphatic hydroxyl groups is 1. The Labute approximate surface area is 354 Å². The fourth-order valence-corrected chi connectivity index (χ4v) is 15.7. The zero-order valence-electron chi connectivity index (χ0n) is 37.3. The molecule has 7 aliphatic rings. The third-order valence-corrected chi connectivity index (χ3v) is 18.9. The van der Waals surface area contributed by atoms with Crippen molar-refractivity contribution in [1.29, 1.82) is 0 Å². The third kappa shape index (κ3) is 7.40. The Balaban J connectivity index is 0.946. The van der Waals surface area contributed by atoms with Crippen LogP contribution >= 0.6 is 0 Å². The molecule has 1 aliphatic heterocycles. The number of nitrogens with zero attached hydrogens (tertiary/aromatic N) is 1. The molecule has 5 saturated carbocycles. The normalized spacial score (nSPS) is 39.4. The van der Waals surface area contributed by atoms with E-state index in [1.807, 2.05) is 6.92 Å². The van der Waals surface area contributed by atoms with Crippen molar-refractivity contribution >= 4 is 23.4 Å². The largest absolute Gasteiger partial charge is 0.481 e. The van der Waals surface area contributed by atoms with Crippen LogP contribution in [-0.4, -0.2) is 57.7 Å². The number of carboxylic acids is 1. The lowest BCUT2D eigenvalue weighted by molar-refractivity contribution is -0.193. The predicted molar refractivity (Wildman–Crippen MR) is 230 cm³/mol. The van der Waals surface area contributed by atoms with Crippen LogP contribution in [0.25, 0.3) is 0 Å². The number of allylic oxidation sites excluding steroid dienone is 2. The average Bonchev–Trinajstić information content (AvgIpc) is 3.47. The van der Waals surface area contributed by atoms with Gasteiger partial charge in [0.15, 0.2) is 5.78 Å². The molecular weight excluding hydrogens is 737 g/mol. The van der Waals surface area contributed by atoms with E-state index >= 15 is 0 Å². The topological polar surface area (TPSA) is 124 Å². The van der Waals surface area contributed by atoms with Gasteiger partial charge in [0.05, 0.1) is 12.0 Å². The van der Waals surface area contributed by atoms with Gasteiger partial charge in [0.2, 0.25) is 5.91 Å². The number of aliphatic carboxylic acids is 1. The maximum atomic E-state index is 14.1. The van der Waals surface area contributed by atoms with Crippen LogP contribution in [0.5, 0.6) is 0 Å². The molecule has 1 aromatic carbocycles. The minimum absolute atomic E-state index is 0.0285. The van der Waals surface area contributed by atoms with Crippen LogP contribution in [-0.2, 0) is 32.3 Å². The fourth-order valence-electron chi connectivity index (χ4n) is 15.7. The lowest BCUT2D eigenvalue weighted by Crippen LogP contribution is -2.62. The first kappa shape index (κ1) is 42.8. The van der Waals surface area contributed by atoms with Gasteiger partial charge in [-0.05, 0) is 145 Å². The minimum atomic E-state index is -0.763. The summed E-state index contributed by atoms with van der Waals surface area (Å²) in [6.45, 7) is 19.6. The number of rotatable bonds is 11. The van der Waals surface area contributed by atoms with Crippen LogP contribution in [0.15, 0.2) is 35.4 Å². The first-order valence-electron chi connectivity index (χ1n) is 23.7. The summed E-state index contributed by atoms with van der Waals surface area (Å²) in [6.07, 6.45) is 12.2. The molecule has 8 nitrogen and oxygen atoms in total. The molecule has 59 heavy (non-hydrogen) atoms. The van der Waals surface area contributed by atoms with Crippen molar-refractivity contribution < 1.29 is 29.4 Å². The molecule has 1 amide bonds. The Hall–Kier alpha value is -2.84. The molecule has 0 aromatic heterocycles. The third-order valence-electron chi connectivity index (χ3n) is 18.9. The monoisotopic (exact) mass is 811 g/mol. The summed E-state index contributed by atoms with van der Waals surface area (Å²) >= 11 is 0. The van der Waals surface area contributed by atoms with Crippen molar-refractivity contribution in [2.45, 2.75) is 158 Å². The second-order valence-corrected chi connectivity index (χ2v) is 22.5. The highest BCUT2D eigenvalue weighted by Gasteiger charge is 2.66. The van der Waals surface area contributed by atoms with Crippen LogP contribution in [0.1, 0.15) is 149 Å². The highest BCUT2D eigenvalue weighted by molar-refractivity contribution is 6.01. The molecule has 3 N–H and O–H groups in total. The van der Waals surface area contributed by atoms with Gasteiger partial charge in [0, 0.05) is 56.8 Å². The first-order chi connectivity index (χ1) is 27.9. The Morgan fingerprint density at radius 1 is 0.847 bits per heavy atom. The fraction of sp³-hybridized carbons (Fsp3) is 0.765. The van der Waals surface area contributed by atoms with E-state index in [-0.39, 0.29) is 68.9 Å². The second kappa shape index (κ2) is 15.8. The van der Waals surface area contributed by atoms with Gasteiger partial charge in [0.1, 0.15) is 5.78 Å². The average molecular weight is 811 g/mol. The van der Waals surface area contributed by atoms with Crippen molar-refractivity contribution in [3.63, 3.8) is 0 Å². The molecule has 1 aromatic rings. The number of carbonyl (C=O) groups is 4. The number of carboxylic acid groups (broad SMARTS) is 1. The zero-order chi connectivity index (χ0) is 42.2. The molecular formula is C51H74N2O6. The summed E-state index contributed by atoms with van der Waals surface area (Å²) in [6, 6.07) is 8.56. The molecule has 0 bridgehead atoms. The second-order valence-electron chi connectivity index (χ2n) is 22.5. The van der Waals surface area contributed by atoms with Crippen molar-refractivity contribution in [3.8, 4) is 0 Å². The molecule has 6 aliphatic carbocycles. The number of fused-ring (bicyclic) bond motifs is 7. The number of ketones is 2. The highest BCUT2D eigenvalue weighted by atomic mass is 16.4. The van der Waals surface area contributed by atoms with Crippen LogP contribution in [0.2, 0.25) is 0 Å². The van der Waals surface area contributed by atoms with Gasteiger partial charge < -0.3 is 15.5 Å². The van der Waals surface area contributed by atoms with E-state index in [2.05, 4.69) is 76.0 Å². The van der Waals surface area contributed by atoms with Crippen molar-refractivity contribution in [2.24, 2.45) is 74.9 Å². The number of hydrogen-bond acceptors (Lipinski definition) is 6. The molecule has 1 saturated heterocycles. The lowest BCUT2D eigenvalue weighted by Gasteiger charge is -2.69. The van der Waals surface area contributed by atoms with E-state index < -0.39 is 5.97 Å². The molecule has 11 unspecified atom stereocenters. The number of likely N-dealkylation sites (tertiary alicyclic amines) is 1. The Kier molecular flexibility index (Phi) is 11.5. The van der Waals surface area contributed by atoms with Gasteiger partial charge in [-0.15, -0.1) is 0 Å². The van der Waals surface area contributed by atoms with Crippen molar-refractivity contribution in [1.82, 2.24) is 10.2 Å². The Morgan fingerprint density at radius 2 is 1.53 bits per heavy atom. The Morgan fingerprint density at radius 3 is 2.19 bits per heavy atom. The van der Waals surface area contributed by atoms with Gasteiger partial charge in [-0.2, -0.15) is 0 Å². The minimum Gasteiger partial charge on any atom is -0.481 e. The van der Waals surface area contributed by atoms with E-state index in [0.29, 0.717) is 61.8 Å². The van der Waals surface area contributed by atoms with E-state index in [1.54, 1.807) is 0 Å². The summed E-state index contributed by atoms with van der Waals surface area (Å²) in [7, 11) is 0. The number of Topliss-reactive ketones (excluding diaryl/α,β-unsaturated/α-hetero) is 2. The lowest BCUT2D eigenvalue weighted by atomic mass is 9.35. The molecule has 1 heterocycles. The van der Waals surface area contributed by atoms with Crippen molar-refractivity contribution in [3.05, 3.63) is 46.5 Å². The molecule has 8 rings (SSSR count). The van der Waals surface area contributed by atoms with Crippen molar-refractivity contribution in [2.75, 3.05) is 13.1 Å².